The molecule has 17 heavy (non-hydrogen) atoms. The Kier molecular flexibility index (Phi) is 3.39. The Hall–Kier alpha value is -1.88. The van der Waals surface area contributed by atoms with Crippen LogP contribution in [-0.2, 0) is 9.59 Å². The highest BCUT2D eigenvalue weighted by Crippen LogP contribution is 2.27. The first-order valence-corrected chi connectivity index (χ1v) is 5.82. The van der Waals surface area contributed by atoms with Crippen LogP contribution in [0.3, 0.4) is 0 Å². The minimum absolute atomic E-state index is 0.231. The van der Waals surface area contributed by atoms with Crippen LogP contribution in [-0.4, -0.2) is 17.0 Å². The number of nitrogens with zero attached hydrogens (tertiary/aromatic N) is 1. The van der Waals surface area contributed by atoms with Gasteiger partial charge in [-0.15, -0.1) is 0 Å². The SMILES string of the molecule is CC(=O)NC1=NC(=O)/C(=C\c2ccccc2)S1. The zero-order valence-corrected chi connectivity index (χ0v) is 9.95. The van der Waals surface area contributed by atoms with Crippen LogP contribution in [0, 0.1) is 0 Å². The van der Waals surface area contributed by atoms with Crippen molar-refractivity contribution in [3.8, 4) is 0 Å². The fourth-order valence-electron chi connectivity index (χ4n) is 1.31. The molecular formula is C12H10N2O2S. The minimum atomic E-state index is -0.317. The van der Waals surface area contributed by atoms with E-state index in [1.807, 2.05) is 30.3 Å². The molecule has 0 atom stereocenters. The lowest BCUT2D eigenvalue weighted by Gasteiger charge is -1.97. The van der Waals surface area contributed by atoms with E-state index in [1.165, 1.54) is 18.7 Å². The topological polar surface area (TPSA) is 58.5 Å². The van der Waals surface area contributed by atoms with Gasteiger partial charge in [0, 0.05) is 6.92 Å². The quantitative estimate of drug-likeness (QED) is 0.768. The first kappa shape index (κ1) is 11.6. The smallest absolute Gasteiger partial charge is 0.286 e. The lowest BCUT2D eigenvalue weighted by Crippen LogP contribution is -2.23. The van der Waals surface area contributed by atoms with Gasteiger partial charge in [-0.05, 0) is 23.4 Å². The van der Waals surface area contributed by atoms with Crippen LogP contribution in [0.25, 0.3) is 6.08 Å². The van der Waals surface area contributed by atoms with Crippen molar-refractivity contribution in [3.63, 3.8) is 0 Å². The normalized spacial score (nSPS) is 17.1. The third-order valence-electron chi connectivity index (χ3n) is 2.00. The zero-order valence-electron chi connectivity index (χ0n) is 9.14. The van der Waals surface area contributed by atoms with Crippen LogP contribution in [0.5, 0.6) is 0 Å². The summed E-state index contributed by atoms with van der Waals surface area (Å²) < 4.78 is 0. The van der Waals surface area contributed by atoms with Crippen molar-refractivity contribution in [2.24, 2.45) is 4.99 Å². The summed E-state index contributed by atoms with van der Waals surface area (Å²) >= 11 is 1.17. The molecule has 1 aromatic rings. The molecule has 0 aliphatic carbocycles. The minimum Gasteiger partial charge on any atom is -0.305 e. The van der Waals surface area contributed by atoms with E-state index in [0.717, 1.165) is 5.56 Å². The van der Waals surface area contributed by atoms with Gasteiger partial charge in [-0.3, -0.25) is 9.59 Å². The van der Waals surface area contributed by atoms with Crippen LogP contribution in [0.1, 0.15) is 12.5 Å². The van der Waals surface area contributed by atoms with Gasteiger partial charge in [0.05, 0.1) is 4.91 Å². The summed E-state index contributed by atoms with van der Waals surface area (Å²) in [7, 11) is 0. The fraction of sp³-hybridized carbons (Fsp3) is 0.0833. The molecule has 0 radical (unpaired) electrons. The third kappa shape index (κ3) is 3.04. The molecule has 2 rings (SSSR count). The molecule has 2 amide bonds. The Labute approximate surface area is 103 Å². The molecule has 4 nitrogen and oxygen atoms in total. The van der Waals surface area contributed by atoms with Gasteiger partial charge in [-0.2, -0.15) is 4.99 Å². The first-order valence-electron chi connectivity index (χ1n) is 5.00. The number of amidine groups is 1. The summed E-state index contributed by atoms with van der Waals surface area (Å²) in [5.41, 5.74) is 0.933. The van der Waals surface area contributed by atoms with Crippen LogP contribution in [0.15, 0.2) is 40.2 Å². The third-order valence-corrected chi connectivity index (χ3v) is 2.90. The van der Waals surface area contributed by atoms with Gasteiger partial charge in [0.25, 0.3) is 5.91 Å². The molecule has 0 aromatic heterocycles. The molecule has 5 heteroatoms. The average Bonchev–Trinajstić information content (AvgIpc) is 2.59. The molecule has 0 bridgehead atoms. The van der Waals surface area contributed by atoms with Gasteiger partial charge in [-0.1, -0.05) is 30.3 Å². The molecule has 0 saturated heterocycles. The lowest BCUT2D eigenvalue weighted by atomic mass is 10.2. The number of rotatable bonds is 1. The Bertz CT molecular complexity index is 521. The van der Waals surface area contributed by atoms with Crippen molar-refractivity contribution < 1.29 is 9.59 Å². The number of carbonyl (C=O) groups excluding carboxylic acids is 2. The molecule has 1 heterocycles. The van der Waals surface area contributed by atoms with Gasteiger partial charge in [0.15, 0.2) is 5.17 Å². The van der Waals surface area contributed by atoms with E-state index in [-0.39, 0.29) is 11.8 Å². The molecule has 1 aromatic carbocycles. The van der Waals surface area contributed by atoms with E-state index in [0.29, 0.717) is 10.1 Å². The molecule has 1 N–H and O–H groups in total. The maximum Gasteiger partial charge on any atom is 0.286 e. The van der Waals surface area contributed by atoms with Crippen molar-refractivity contribution in [3.05, 3.63) is 40.8 Å². The Balaban J connectivity index is 2.14. The number of thioether (sulfide) groups is 1. The number of nitrogens with one attached hydrogen (secondary N) is 1. The summed E-state index contributed by atoms with van der Waals surface area (Å²) in [6.07, 6.45) is 1.76. The molecule has 0 spiro atoms. The Morgan fingerprint density at radius 3 is 2.71 bits per heavy atom. The number of benzene rings is 1. The van der Waals surface area contributed by atoms with Gasteiger partial charge in [0.1, 0.15) is 0 Å². The van der Waals surface area contributed by atoms with Crippen LogP contribution >= 0.6 is 11.8 Å². The van der Waals surface area contributed by atoms with E-state index in [1.54, 1.807) is 6.08 Å². The predicted octanol–water partition coefficient (Wildman–Crippen LogP) is 1.79. The maximum atomic E-state index is 11.5. The summed E-state index contributed by atoms with van der Waals surface area (Å²) in [6, 6.07) is 9.50. The van der Waals surface area contributed by atoms with Crippen molar-refractivity contribution in [1.29, 1.82) is 0 Å². The Morgan fingerprint density at radius 1 is 1.35 bits per heavy atom. The fourth-order valence-corrected chi connectivity index (χ4v) is 2.17. The van der Waals surface area contributed by atoms with Crippen molar-refractivity contribution in [2.45, 2.75) is 6.92 Å². The molecule has 0 unspecified atom stereocenters. The maximum absolute atomic E-state index is 11.5. The lowest BCUT2D eigenvalue weighted by molar-refractivity contribution is -0.117. The van der Waals surface area contributed by atoms with E-state index in [9.17, 15) is 9.59 Å². The molecule has 1 aliphatic rings. The largest absolute Gasteiger partial charge is 0.305 e. The monoisotopic (exact) mass is 246 g/mol. The van der Waals surface area contributed by atoms with Crippen molar-refractivity contribution >= 4 is 34.8 Å². The van der Waals surface area contributed by atoms with Crippen LogP contribution in [0.2, 0.25) is 0 Å². The second kappa shape index (κ2) is 4.97. The zero-order chi connectivity index (χ0) is 12.3. The van der Waals surface area contributed by atoms with E-state index in [2.05, 4.69) is 10.3 Å². The predicted molar refractivity (Wildman–Crippen MR) is 68.3 cm³/mol. The highest BCUT2D eigenvalue weighted by Gasteiger charge is 2.22. The molecular weight excluding hydrogens is 236 g/mol. The molecule has 0 saturated carbocycles. The van der Waals surface area contributed by atoms with E-state index >= 15 is 0 Å². The second-order valence-electron chi connectivity index (χ2n) is 3.42. The standard InChI is InChI=1S/C12H10N2O2S/c1-8(15)13-12-14-11(16)10(17-12)7-9-5-3-2-4-6-9/h2-7H,1H3,(H,13,14,15,16)/b10-7+. The second-order valence-corrected chi connectivity index (χ2v) is 4.46. The highest BCUT2D eigenvalue weighted by atomic mass is 32.2. The summed E-state index contributed by atoms with van der Waals surface area (Å²) in [4.78, 5) is 26.6. The highest BCUT2D eigenvalue weighted by molar-refractivity contribution is 8.18. The van der Waals surface area contributed by atoms with Crippen LogP contribution in [0.4, 0.5) is 0 Å². The van der Waals surface area contributed by atoms with E-state index < -0.39 is 0 Å². The number of amides is 2. The number of carbonyl (C=O) groups is 2. The molecule has 1 aliphatic heterocycles. The van der Waals surface area contributed by atoms with Crippen molar-refractivity contribution in [1.82, 2.24) is 5.32 Å². The molecule has 0 fully saturated rings. The van der Waals surface area contributed by atoms with Gasteiger partial charge < -0.3 is 5.32 Å². The first-order chi connectivity index (χ1) is 8.15. The number of hydrogen-bond acceptors (Lipinski definition) is 3. The van der Waals surface area contributed by atoms with Crippen LogP contribution < -0.4 is 5.32 Å². The summed E-state index contributed by atoms with van der Waals surface area (Å²) in [5, 5.41) is 2.84. The number of hydrogen-bond donors (Lipinski definition) is 1. The summed E-state index contributed by atoms with van der Waals surface area (Å²) in [5.74, 6) is -0.549. The van der Waals surface area contributed by atoms with Gasteiger partial charge in [-0.25, -0.2) is 0 Å². The number of aliphatic imine (C=N–C) groups is 1. The van der Waals surface area contributed by atoms with Gasteiger partial charge in [0.2, 0.25) is 5.91 Å². The molecule has 86 valence electrons. The van der Waals surface area contributed by atoms with Crippen molar-refractivity contribution in [2.75, 3.05) is 0 Å². The average molecular weight is 246 g/mol. The summed E-state index contributed by atoms with van der Waals surface area (Å²) in [6.45, 7) is 1.38. The Morgan fingerprint density at radius 2 is 2.06 bits per heavy atom. The van der Waals surface area contributed by atoms with E-state index in [4.69, 9.17) is 0 Å². The van der Waals surface area contributed by atoms with Gasteiger partial charge >= 0.3 is 0 Å².